The maximum Gasteiger partial charge on any atom is 0.0646 e. The SMILES string of the molecule is Ic1ccc2c(c1)CN=C2. The van der Waals surface area contributed by atoms with Crippen LogP contribution in [0.3, 0.4) is 0 Å². The fourth-order valence-electron chi connectivity index (χ4n) is 1.08. The van der Waals surface area contributed by atoms with Crippen LogP contribution in [0.4, 0.5) is 0 Å². The summed E-state index contributed by atoms with van der Waals surface area (Å²) in [5.41, 5.74) is 2.63. The molecule has 0 amide bonds. The number of benzene rings is 1. The molecule has 0 N–H and O–H groups in total. The molecule has 0 unspecified atom stereocenters. The molecule has 0 fully saturated rings. The van der Waals surface area contributed by atoms with Gasteiger partial charge in [0.15, 0.2) is 0 Å². The maximum absolute atomic E-state index is 4.16. The number of hydrogen-bond donors (Lipinski definition) is 0. The first kappa shape index (κ1) is 6.34. The van der Waals surface area contributed by atoms with Crippen molar-refractivity contribution in [2.45, 2.75) is 6.54 Å². The van der Waals surface area contributed by atoms with Crippen molar-refractivity contribution >= 4 is 28.8 Å². The van der Waals surface area contributed by atoms with Gasteiger partial charge in [0.2, 0.25) is 0 Å². The molecule has 1 aromatic carbocycles. The first-order valence-electron chi connectivity index (χ1n) is 3.14. The number of rotatable bonds is 0. The lowest BCUT2D eigenvalue weighted by molar-refractivity contribution is 1.11. The van der Waals surface area contributed by atoms with E-state index in [0.717, 1.165) is 6.54 Å². The molecular weight excluding hydrogens is 237 g/mol. The zero-order valence-corrected chi connectivity index (χ0v) is 7.50. The molecule has 0 aromatic heterocycles. The van der Waals surface area contributed by atoms with E-state index < -0.39 is 0 Å². The van der Waals surface area contributed by atoms with Crippen molar-refractivity contribution in [2.75, 3.05) is 0 Å². The average Bonchev–Trinajstić information content (AvgIpc) is 2.33. The lowest BCUT2D eigenvalue weighted by Gasteiger charge is -1.95. The number of fused-ring (bicyclic) bond motifs is 1. The van der Waals surface area contributed by atoms with Crippen LogP contribution in [-0.2, 0) is 6.54 Å². The Kier molecular flexibility index (Phi) is 1.48. The van der Waals surface area contributed by atoms with Crippen LogP contribution in [0.5, 0.6) is 0 Å². The number of nitrogens with zero attached hydrogens (tertiary/aromatic N) is 1. The zero-order chi connectivity index (χ0) is 6.97. The molecule has 1 aromatic rings. The van der Waals surface area contributed by atoms with E-state index in [4.69, 9.17) is 0 Å². The molecule has 2 heteroatoms. The normalized spacial score (nSPS) is 13.7. The summed E-state index contributed by atoms with van der Waals surface area (Å²) >= 11 is 2.32. The van der Waals surface area contributed by atoms with Crippen LogP contribution in [0.15, 0.2) is 23.2 Å². The summed E-state index contributed by atoms with van der Waals surface area (Å²) in [5, 5.41) is 0. The van der Waals surface area contributed by atoms with Crippen molar-refractivity contribution in [3.05, 3.63) is 32.9 Å². The van der Waals surface area contributed by atoms with Gasteiger partial charge < -0.3 is 0 Å². The number of hydrogen-bond acceptors (Lipinski definition) is 1. The molecule has 0 saturated heterocycles. The molecule has 0 bridgehead atoms. The van der Waals surface area contributed by atoms with Crippen molar-refractivity contribution in [1.29, 1.82) is 0 Å². The minimum absolute atomic E-state index is 0.867. The standard InChI is InChI=1S/C8H6IN/c9-8-2-1-6-4-10-5-7(6)3-8/h1-4H,5H2. The molecule has 2 rings (SSSR count). The smallest absolute Gasteiger partial charge is 0.0646 e. The lowest BCUT2D eigenvalue weighted by atomic mass is 10.1. The highest BCUT2D eigenvalue weighted by atomic mass is 127. The van der Waals surface area contributed by atoms with Gasteiger partial charge in [0.25, 0.3) is 0 Å². The predicted octanol–water partition coefficient (Wildman–Crippen LogP) is 2.22. The van der Waals surface area contributed by atoms with E-state index in [-0.39, 0.29) is 0 Å². The minimum Gasteiger partial charge on any atom is -0.288 e. The third kappa shape index (κ3) is 0.963. The first-order chi connectivity index (χ1) is 4.86. The van der Waals surface area contributed by atoms with Gasteiger partial charge in [-0.15, -0.1) is 0 Å². The topological polar surface area (TPSA) is 12.4 Å². The van der Waals surface area contributed by atoms with Crippen LogP contribution in [0.1, 0.15) is 11.1 Å². The van der Waals surface area contributed by atoms with Crippen molar-refractivity contribution < 1.29 is 0 Å². The van der Waals surface area contributed by atoms with E-state index in [1.165, 1.54) is 14.7 Å². The van der Waals surface area contributed by atoms with Crippen LogP contribution in [0, 0.1) is 3.57 Å². The third-order valence-corrected chi connectivity index (χ3v) is 2.27. The Morgan fingerprint density at radius 1 is 1.40 bits per heavy atom. The molecule has 0 aliphatic carbocycles. The highest BCUT2D eigenvalue weighted by molar-refractivity contribution is 14.1. The van der Waals surface area contributed by atoms with Gasteiger partial charge in [-0.3, -0.25) is 4.99 Å². The van der Waals surface area contributed by atoms with Gasteiger partial charge in [-0.1, -0.05) is 6.07 Å². The van der Waals surface area contributed by atoms with Gasteiger partial charge in [0.05, 0.1) is 6.54 Å². The van der Waals surface area contributed by atoms with E-state index in [0.29, 0.717) is 0 Å². The highest BCUT2D eigenvalue weighted by Gasteiger charge is 2.04. The summed E-state index contributed by atoms with van der Waals surface area (Å²) in [6.45, 7) is 0.867. The van der Waals surface area contributed by atoms with Crippen molar-refractivity contribution in [1.82, 2.24) is 0 Å². The summed E-state index contributed by atoms with van der Waals surface area (Å²) in [6, 6.07) is 6.41. The third-order valence-electron chi connectivity index (χ3n) is 1.60. The summed E-state index contributed by atoms with van der Waals surface area (Å²) < 4.78 is 1.29. The molecule has 10 heavy (non-hydrogen) atoms. The molecular formula is C8H6IN. The van der Waals surface area contributed by atoms with Crippen molar-refractivity contribution in [3.8, 4) is 0 Å². The molecule has 50 valence electrons. The molecule has 1 heterocycles. The van der Waals surface area contributed by atoms with Gasteiger partial charge >= 0.3 is 0 Å². The van der Waals surface area contributed by atoms with E-state index >= 15 is 0 Å². The summed E-state index contributed by atoms with van der Waals surface area (Å²) in [7, 11) is 0. The largest absolute Gasteiger partial charge is 0.288 e. The fourth-order valence-corrected chi connectivity index (χ4v) is 1.64. The van der Waals surface area contributed by atoms with Crippen molar-refractivity contribution in [3.63, 3.8) is 0 Å². The Morgan fingerprint density at radius 2 is 2.30 bits per heavy atom. The van der Waals surface area contributed by atoms with Gasteiger partial charge in [0.1, 0.15) is 0 Å². The second-order valence-corrected chi connectivity index (χ2v) is 3.56. The molecule has 0 saturated carbocycles. The van der Waals surface area contributed by atoms with Gasteiger partial charge in [0, 0.05) is 9.78 Å². The lowest BCUT2D eigenvalue weighted by Crippen LogP contribution is -1.83. The van der Waals surface area contributed by atoms with Gasteiger partial charge in [-0.05, 0) is 45.9 Å². The van der Waals surface area contributed by atoms with Gasteiger partial charge in [-0.2, -0.15) is 0 Å². The minimum atomic E-state index is 0.867. The van der Waals surface area contributed by atoms with Crippen LogP contribution in [-0.4, -0.2) is 6.21 Å². The van der Waals surface area contributed by atoms with Crippen LogP contribution in [0.25, 0.3) is 0 Å². The average molecular weight is 243 g/mol. The van der Waals surface area contributed by atoms with E-state index in [9.17, 15) is 0 Å². The summed E-state index contributed by atoms with van der Waals surface area (Å²) in [6.07, 6.45) is 1.94. The molecule has 0 atom stereocenters. The highest BCUT2D eigenvalue weighted by Crippen LogP contribution is 2.16. The Labute approximate surface area is 73.3 Å². The van der Waals surface area contributed by atoms with Crippen LogP contribution >= 0.6 is 22.6 Å². The van der Waals surface area contributed by atoms with Gasteiger partial charge in [-0.25, -0.2) is 0 Å². The summed E-state index contributed by atoms with van der Waals surface area (Å²) in [5.74, 6) is 0. The fraction of sp³-hybridized carbons (Fsp3) is 0.125. The number of aliphatic imine (C=N–C) groups is 1. The maximum atomic E-state index is 4.16. The van der Waals surface area contributed by atoms with Crippen LogP contribution < -0.4 is 0 Å². The van der Waals surface area contributed by atoms with E-state index in [1.54, 1.807) is 0 Å². The predicted molar refractivity (Wildman–Crippen MR) is 50.5 cm³/mol. The molecule has 1 nitrogen and oxygen atoms in total. The molecule has 1 aliphatic heterocycles. The second-order valence-electron chi connectivity index (χ2n) is 2.31. The monoisotopic (exact) mass is 243 g/mol. The van der Waals surface area contributed by atoms with Crippen LogP contribution in [0.2, 0.25) is 0 Å². The second kappa shape index (κ2) is 2.34. The summed E-state index contributed by atoms with van der Waals surface area (Å²) in [4.78, 5) is 4.16. The molecule has 0 spiro atoms. The van der Waals surface area contributed by atoms with Crippen molar-refractivity contribution in [2.24, 2.45) is 4.99 Å². The van der Waals surface area contributed by atoms with E-state index in [2.05, 4.69) is 45.8 Å². The number of halogens is 1. The quantitative estimate of drug-likeness (QED) is 0.619. The Bertz CT molecular complexity index is 291. The molecule has 0 radical (unpaired) electrons. The molecule has 1 aliphatic rings. The Balaban J connectivity index is 2.59. The first-order valence-corrected chi connectivity index (χ1v) is 4.22. The zero-order valence-electron chi connectivity index (χ0n) is 5.34. The Hall–Kier alpha value is -0.380. The van der Waals surface area contributed by atoms with E-state index in [1.807, 2.05) is 6.21 Å². The Morgan fingerprint density at radius 3 is 3.20 bits per heavy atom.